The largest absolute Gasteiger partial charge is 0.280 e. The molecular formula is C15H13Cl2NO2S. The van der Waals surface area contributed by atoms with Gasteiger partial charge in [-0.15, -0.1) is 0 Å². The maximum atomic E-state index is 12.4. The molecule has 0 amide bonds. The number of sulfonamides is 1. The van der Waals surface area contributed by atoms with Crippen LogP contribution in [0, 0.1) is 0 Å². The Labute approximate surface area is 133 Å². The van der Waals surface area contributed by atoms with Crippen LogP contribution in [0.1, 0.15) is 17.5 Å². The highest BCUT2D eigenvalue weighted by Gasteiger charge is 2.20. The van der Waals surface area contributed by atoms with Crippen molar-refractivity contribution in [1.29, 1.82) is 0 Å². The average Bonchev–Trinajstić information content (AvgIpc) is 2.88. The molecule has 0 aliphatic heterocycles. The molecular weight excluding hydrogens is 329 g/mol. The molecule has 0 unspecified atom stereocenters. The van der Waals surface area contributed by atoms with Gasteiger partial charge in [-0.05, 0) is 54.7 Å². The van der Waals surface area contributed by atoms with E-state index < -0.39 is 10.0 Å². The van der Waals surface area contributed by atoms with Crippen LogP contribution in [0.25, 0.3) is 0 Å². The Hall–Kier alpha value is -1.23. The van der Waals surface area contributed by atoms with Gasteiger partial charge in [-0.2, -0.15) is 0 Å². The van der Waals surface area contributed by atoms with E-state index in [0.717, 1.165) is 19.3 Å². The molecule has 0 saturated carbocycles. The van der Waals surface area contributed by atoms with Gasteiger partial charge in [0.05, 0.1) is 10.0 Å². The first-order chi connectivity index (χ1) is 9.97. The van der Waals surface area contributed by atoms with E-state index in [-0.39, 0.29) is 14.9 Å². The van der Waals surface area contributed by atoms with Crippen LogP contribution in [-0.4, -0.2) is 8.42 Å². The SMILES string of the molecule is O=S(=O)(Nc1ccc2c(c1)CCC2)c1cccc(Cl)c1Cl. The zero-order valence-electron chi connectivity index (χ0n) is 11.1. The Morgan fingerprint density at radius 2 is 1.76 bits per heavy atom. The van der Waals surface area contributed by atoms with E-state index in [1.165, 1.54) is 17.2 Å². The normalized spacial score (nSPS) is 14.0. The molecule has 0 atom stereocenters. The van der Waals surface area contributed by atoms with Crippen molar-refractivity contribution >= 4 is 38.9 Å². The van der Waals surface area contributed by atoms with Gasteiger partial charge in [0.15, 0.2) is 0 Å². The predicted molar refractivity (Wildman–Crippen MR) is 85.7 cm³/mol. The molecule has 3 nitrogen and oxygen atoms in total. The fourth-order valence-electron chi connectivity index (χ4n) is 2.54. The Bertz CT molecular complexity index is 803. The van der Waals surface area contributed by atoms with Crippen molar-refractivity contribution in [1.82, 2.24) is 0 Å². The number of halogens is 2. The lowest BCUT2D eigenvalue weighted by atomic mass is 10.1. The lowest BCUT2D eigenvalue weighted by Gasteiger charge is -2.11. The highest BCUT2D eigenvalue weighted by atomic mass is 35.5. The van der Waals surface area contributed by atoms with Crippen molar-refractivity contribution in [2.75, 3.05) is 4.72 Å². The number of hydrogen-bond donors (Lipinski definition) is 1. The lowest BCUT2D eigenvalue weighted by molar-refractivity contribution is 0.601. The van der Waals surface area contributed by atoms with Crippen molar-refractivity contribution < 1.29 is 8.42 Å². The maximum Gasteiger partial charge on any atom is 0.263 e. The van der Waals surface area contributed by atoms with E-state index in [2.05, 4.69) is 4.72 Å². The van der Waals surface area contributed by atoms with Crippen LogP contribution >= 0.6 is 23.2 Å². The maximum absolute atomic E-state index is 12.4. The standard InChI is InChI=1S/C15H13Cl2NO2S/c16-13-5-2-6-14(15(13)17)21(19,20)18-12-8-7-10-3-1-4-11(10)9-12/h2,5-9,18H,1,3-4H2. The van der Waals surface area contributed by atoms with E-state index in [0.29, 0.717) is 5.69 Å². The number of anilines is 1. The number of fused-ring (bicyclic) bond motifs is 1. The van der Waals surface area contributed by atoms with Crippen molar-refractivity contribution in [3.8, 4) is 0 Å². The minimum absolute atomic E-state index is 0.0165. The molecule has 0 aromatic heterocycles. The van der Waals surface area contributed by atoms with Crippen LogP contribution in [0.2, 0.25) is 10.0 Å². The molecule has 0 bridgehead atoms. The Morgan fingerprint density at radius 1 is 1.00 bits per heavy atom. The molecule has 6 heteroatoms. The van der Waals surface area contributed by atoms with Gasteiger partial charge in [-0.25, -0.2) is 8.42 Å². The van der Waals surface area contributed by atoms with Crippen molar-refractivity contribution in [3.05, 3.63) is 57.6 Å². The molecule has 0 spiro atoms. The third-order valence-electron chi connectivity index (χ3n) is 3.56. The summed E-state index contributed by atoms with van der Waals surface area (Å²) in [5, 5.41) is 0.251. The van der Waals surface area contributed by atoms with E-state index in [9.17, 15) is 8.42 Å². The lowest BCUT2D eigenvalue weighted by Crippen LogP contribution is -2.13. The molecule has 21 heavy (non-hydrogen) atoms. The Kier molecular flexibility index (Phi) is 3.86. The quantitative estimate of drug-likeness (QED) is 0.905. The first kappa shape index (κ1) is 14.7. The summed E-state index contributed by atoms with van der Waals surface area (Å²) in [7, 11) is -3.75. The highest BCUT2D eigenvalue weighted by molar-refractivity contribution is 7.92. The van der Waals surface area contributed by atoms with E-state index >= 15 is 0 Å². The van der Waals surface area contributed by atoms with Crippen molar-refractivity contribution in [2.24, 2.45) is 0 Å². The molecule has 2 aromatic carbocycles. The fourth-order valence-corrected chi connectivity index (χ4v) is 4.35. The molecule has 1 aliphatic rings. The van der Waals surface area contributed by atoms with Gasteiger partial charge >= 0.3 is 0 Å². The topological polar surface area (TPSA) is 46.2 Å². The summed E-state index contributed by atoms with van der Waals surface area (Å²) >= 11 is 11.9. The second kappa shape index (κ2) is 5.52. The minimum Gasteiger partial charge on any atom is -0.280 e. The zero-order chi connectivity index (χ0) is 15.0. The van der Waals surface area contributed by atoms with Crippen molar-refractivity contribution in [2.45, 2.75) is 24.2 Å². The predicted octanol–water partition coefficient (Wildman–Crippen LogP) is 4.28. The molecule has 3 rings (SSSR count). The van der Waals surface area contributed by atoms with Gasteiger partial charge in [0.2, 0.25) is 0 Å². The number of benzene rings is 2. The van der Waals surface area contributed by atoms with Gasteiger partial charge in [-0.1, -0.05) is 35.3 Å². The number of rotatable bonds is 3. The monoisotopic (exact) mass is 341 g/mol. The van der Waals surface area contributed by atoms with Gasteiger partial charge in [0.25, 0.3) is 10.0 Å². The molecule has 110 valence electrons. The van der Waals surface area contributed by atoms with E-state index in [1.54, 1.807) is 18.2 Å². The summed E-state index contributed by atoms with van der Waals surface area (Å²) in [5.74, 6) is 0. The molecule has 0 saturated heterocycles. The van der Waals surface area contributed by atoms with Crippen LogP contribution in [-0.2, 0) is 22.9 Å². The van der Waals surface area contributed by atoms with Crippen LogP contribution in [0.5, 0.6) is 0 Å². The van der Waals surface area contributed by atoms with Crippen LogP contribution < -0.4 is 4.72 Å². The number of aryl methyl sites for hydroxylation is 2. The second-order valence-corrected chi connectivity index (χ2v) is 7.43. The van der Waals surface area contributed by atoms with Gasteiger partial charge in [0.1, 0.15) is 4.90 Å². The fraction of sp³-hybridized carbons (Fsp3) is 0.200. The first-order valence-corrected chi connectivity index (χ1v) is 8.80. The Balaban J connectivity index is 1.95. The minimum atomic E-state index is -3.75. The molecule has 0 fully saturated rings. The van der Waals surface area contributed by atoms with E-state index in [4.69, 9.17) is 23.2 Å². The average molecular weight is 342 g/mol. The van der Waals surface area contributed by atoms with Gasteiger partial charge in [0, 0.05) is 5.69 Å². The molecule has 0 heterocycles. The summed E-state index contributed by atoms with van der Waals surface area (Å²) in [6.45, 7) is 0. The summed E-state index contributed by atoms with van der Waals surface area (Å²) in [5.41, 5.74) is 3.04. The molecule has 2 aromatic rings. The van der Waals surface area contributed by atoms with Gasteiger partial charge < -0.3 is 0 Å². The van der Waals surface area contributed by atoms with Crippen molar-refractivity contribution in [3.63, 3.8) is 0 Å². The zero-order valence-corrected chi connectivity index (χ0v) is 13.4. The highest BCUT2D eigenvalue weighted by Crippen LogP contribution is 2.31. The summed E-state index contributed by atoms with van der Waals surface area (Å²) in [6.07, 6.45) is 3.16. The molecule has 0 radical (unpaired) electrons. The second-order valence-electron chi connectivity index (χ2n) is 4.99. The van der Waals surface area contributed by atoms with E-state index in [1.807, 2.05) is 12.1 Å². The summed E-state index contributed by atoms with van der Waals surface area (Å²) in [6, 6.07) is 10.2. The first-order valence-electron chi connectivity index (χ1n) is 6.56. The van der Waals surface area contributed by atoms with Gasteiger partial charge in [-0.3, -0.25) is 4.72 Å². The summed E-state index contributed by atoms with van der Waals surface area (Å²) in [4.78, 5) is -0.0165. The molecule has 1 N–H and O–H groups in total. The van der Waals surface area contributed by atoms with Crippen LogP contribution in [0.3, 0.4) is 0 Å². The third kappa shape index (κ3) is 2.89. The smallest absolute Gasteiger partial charge is 0.263 e. The number of nitrogens with one attached hydrogen (secondary N) is 1. The van der Waals surface area contributed by atoms with Crippen LogP contribution in [0.15, 0.2) is 41.3 Å². The third-order valence-corrected chi connectivity index (χ3v) is 5.91. The Morgan fingerprint density at radius 3 is 2.57 bits per heavy atom. The molecule has 1 aliphatic carbocycles. The number of hydrogen-bond acceptors (Lipinski definition) is 2. The summed E-state index contributed by atoms with van der Waals surface area (Å²) < 4.78 is 27.4. The van der Waals surface area contributed by atoms with Crippen LogP contribution in [0.4, 0.5) is 5.69 Å².